The van der Waals surface area contributed by atoms with Crippen molar-refractivity contribution in [1.29, 1.82) is 0 Å². The van der Waals surface area contributed by atoms with Crippen molar-refractivity contribution in [3.63, 3.8) is 0 Å². The van der Waals surface area contributed by atoms with Crippen LogP contribution in [0.15, 0.2) is 12.7 Å². The number of hydrogen-bond donors (Lipinski definition) is 7. The second kappa shape index (κ2) is 8.98. The van der Waals surface area contributed by atoms with Crippen LogP contribution in [0.2, 0.25) is 0 Å². The first-order valence-corrected chi connectivity index (χ1v) is 12.2. The molecule has 2 aromatic rings. The number of rotatable bonds is 7. The molecule has 32 heavy (non-hydrogen) atoms. The molecular formula is C10H16LiN5O13P2S. The third-order valence-electron chi connectivity index (χ3n) is 4.19. The Labute approximate surface area is 191 Å². The molecule has 0 aromatic carbocycles. The molecule has 0 bridgehead atoms. The molecule has 8 N–H and O–H groups in total. The normalized spacial score (nSPS) is 28.4. The first-order chi connectivity index (χ1) is 14.1. The molecule has 1 unspecified atom stereocenters. The molecule has 0 aliphatic carbocycles. The van der Waals surface area contributed by atoms with Gasteiger partial charge in [-0.3, -0.25) is 18.2 Å². The van der Waals surface area contributed by atoms with Crippen molar-refractivity contribution in [1.82, 2.24) is 19.5 Å². The summed E-state index contributed by atoms with van der Waals surface area (Å²) in [7, 11) is -16.6. The summed E-state index contributed by atoms with van der Waals surface area (Å²) in [6.07, 6.45) is -4.34. The van der Waals surface area contributed by atoms with E-state index < -0.39 is 56.2 Å². The predicted octanol–water partition coefficient (Wildman–Crippen LogP) is -5.41. The number of aliphatic hydroxyl groups is 2. The van der Waals surface area contributed by atoms with E-state index in [2.05, 4.69) is 23.4 Å². The first-order valence-electron chi connectivity index (χ1n) is 7.77. The van der Waals surface area contributed by atoms with E-state index in [-0.39, 0.29) is 37.3 Å². The van der Waals surface area contributed by atoms with Crippen LogP contribution in [0.3, 0.4) is 0 Å². The van der Waals surface area contributed by atoms with Crippen LogP contribution in [-0.4, -0.2) is 81.5 Å². The minimum Gasteiger partial charge on any atom is -1.00 e. The number of fused-ring (bicyclic) bond motifs is 1. The number of nitrogen functional groups attached to an aromatic ring is 1. The molecule has 0 spiro atoms. The van der Waals surface area contributed by atoms with Gasteiger partial charge in [0, 0.05) is 0 Å². The molecule has 176 valence electrons. The predicted molar refractivity (Wildman–Crippen MR) is 96.2 cm³/mol. The molecule has 5 atom stereocenters. The Morgan fingerprint density at radius 1 is 1.28 bits per heavy atom. The van der Waals surface area contributed by atoms with Crippen molar-refractivity contribution in [2.45, 2.75) is 23.8 Å². The maximum Gasteiger partial charge on any atom is 1.00 e. The van der Waals surface area contributed by atoms with Gasteiger partial charge in [0.15, 0.2) is 17.7 Å². The van der Waals surface area contributed by atoms with E-state index in [0.717, 1.165) is 17.2 Å². The van der Waals surface area contributed by atoms with Crippen LogP contribution in [0.5, 0.6) is 0 Å². The van der Waals surface area contributed by atoms with Crippen molar-refractivity contribution in [3.05, 3.63) is 12.7 Å². The summed E-state index contributed by atoms with van der Waals surface area (Å²) in [5, 5.41) is 17.7. The zero-order valence-electron chi connectivity index (χ0n) is 16.8. The van der Waals surface area contributed by atoms with E-state index in [1.165, 1.54) is 0 Å². The fraction of sp³-hybridized carbons (Fsp3) is 0.500. The fourth-order valence-electron chi connectivity index (χ4n) is 2.84. The Kier molecular flexibility index (Phi) is 7.65. The number of phosphoric ester groups is 1. The van der Waals surface area contributed by atoms with E-state index >= 15 is 0 Å². The van der Waals surface area contributed by atoms with Gasteiger partial charge in [0.25, 0.3) is 0 Å². The molecule has 1 aliphatic heterocycles. The summed E-state index contributed by atoms with van der Waals surface area (Å²) < 4.78 is 67.0. The summed E-state index contributed by atoms with van der Waals surface area (Å²) in [4.78, 5) is 39.9. The molecule has 0 amide bonds. The van der Waals surface area contributed by atoms with Gasteiger partial charge in [-0.05, 0) is 0 Å². The summed E-state index contributed by atoms with van der Waals surface area (Å²) in [6, 6.07) is 0. The summed E-state index contributed by atoms with van der Waals surface area (Å²) >= 11 is 0. The number of ether oxygens (including phenoxy) is 1. The van der Waals surface area contributed by atoms with E-state index in [4.69, 9.17) is 15.0 Å². The Morgan fingerprint density at radius 3 is 2.47 bits per heavy atom. The third-order valence-corrected chi connectivity index (χ3v) is 7.66. The average molecular weight is 515 g/mol. The van der Waals surface area contributed by atoms with Crippen LogP contribution in [-0.2, 0) is 32.8 Å². The molecule has 1 fully saturated rings. The van der Waals surface area contributed by atoms with Gasteiger partial charge in [-0.15, -0.1) is 3.97 Å². The number of imidazole rings is 1. The number of aromatic nitrogens is 4. The number of nitrogens with zero attached hydrogens (tertiary/aromatic N) is 4. The van der Waals surface area contributed by atoms with E-state index in [0.29, 0.717) is 0 Å². The minimum atomic E-state index is -5.64. The quantitative estimate of drug-likeness (QED) is 0.103. The first kappa shape index (κ1) is 27.2. The van der Waals surface area contributed by atoms with Crippen LogP contribution < -0.4 is 24.6 Å². The van der Waals surface area contributed by atoms with Crippen molar-refractivity contribution in [2.75, 3.05) is 12.3 Å². The number of nitrogens with two attached hydrogens (primary N) is 1. The monoisotopic (exact) mass is 515 g/mol. The number of phosphoric acid groups is 1. The Hall–Kier alpha value is -1.00. The molecule has 22 heteroatoms. The molecule has 18 nitrogen and oxygen atoms in total. The summed E-state index contributed by atoms with van der Waals surface area (Å²) in [6.45, 7) is -1.37. The van der Waals surface area contributed by atoms with Gasteiger partial charge in [-0.1, -0.05) is 0 Å². The van der Waals surface area contributed by atoms with Crippen LogP contribution in [0.1, 0.15) is 7.65 Å². The molecule has 0 radical (unpaired) electrons. The van der Waals surface area contributed by atoms with Crippen LogP contribution >= 0.6 is 15.4 Å². The molecule has 0 saturated carbocycles. The largest absolute Gasteiger partial charge is 1.00 e. The smallest absolute Gasteiger partial charge is 1.00 e. The van der Waals surface area contributed by atoms with E-state index in [9.17, 15) is 42.4 Å². The van der Waals surface area contributed by atoms with Gasteiger partial charge >= 0.3 is 44.7 Å². The Bertz CT molecular complexity index is 1210. The van der Waals surface area contributed by atoms with Crippen molar-refractivity contribution >= 4 is 42.8 Å². The van der Waals surface area contributed by atoms with Gasteiger partial charge in [0.1, 0.15) is 24.1 Å². The van der Waals surface area contributed by atoms with Gasteiger partial charge < -0.3 is 36.8 Å². The zero-order chi connectivity index (χ0) is 23.4. The van der Waals surface area contributed by atoms with Gasteiger partial charge in [-0.25, -0.2) is 19.5 Å². The maximum atomic E-state index is 11.9. The zero-order valence-corrected chi connectivity index (χ0v) is 18.4. The van der Waals surface area contributed by atoms with Crippen molar-refractivity contribution in [2.24, 2.45) is 0 Å². The second-order valence-corrected chi connectivity index (χ2v) is 10.6. The van der Waals surface area contributed by atoms with E-state index in [1.807, 2.05) is 0 Å². The maximum absolute atomic E-state index is 11.9. The number of hydrogen-bond acceptors (Lipinski definition) is 13. The summed E-state index contributed by atoms with van der Waals surface area (Å²) in [5.74, 6) is -0.0787. The minimum absolute atomic E-state index is 0. The van der Waals surface area contributed by atoms with Crippen LogP contribution in [0.4, 0.5) is 5.82 Å². The van der Waals surface area contributed by atoms with Gasteiger partial charge in [-0.2, -0.15) is 8.42 Å². The average Bonchev–Trinajstić information content (AvgIpc) is 3.13. The summed E-state index contributed by atoms with van der Waals surface area (Å²) in [5.41, 5.74) is 5.60. The second-order valence-electron chi connectivity index (χ2n) is 6.14. The van der Waals surface area contributed by atoms with Crippen molar-refractivity contribution < 1.29 is 80.5 Å². The molecule has 1 saturated heterocycles. The molecule has 3 heterocycles. The fourth-order valence-corrected chi connectivity index (χ4v) is 5.27. The third kappa shape index (κ3) is 5.06. The molecular weight excluding hydrogens is 499 g/mol. The molecule has 2 aromatic heterocycles. The van der Waals surface area contributed by atoms with Crippen LogP contribution in [0, 0.1) is 0 Å². The van der Waals surface area contributed by atoms with Crippen LogP contribution in [0.25, 0.3) is 11.2 Å². The van der Waals surface area contributed by atoms with Gasteiger partial charge in [0.05, 0.1) is 12.9 Å². The topological polar surface area (TPSA) is 287 Å². The SMILES string of the molecule is Nc1ncnc2c1ncn2[C@@H]1O[C@H](COP(=O)(O)OS(=O)(=O)O)[C@@](O)(P(=O)(O)O)[C@@H]1O.[H-].[Li+]. The Balaban J connectivity index is 0.00000272. The Morgan fingerprint density at radius 2 is 1.91 bits per heavy atom. The van der Waals surface area contributed by atoms with E-state index in [1.54, 1.807) is 0 Å². The number of anilines is 1. The standard InChI is InChI=1S/C10H15N5O13P2S.Li.H/c11-7-5-8(13-2-12-7)15(3-14-5)9-6(16)10(17,29(18,19)20)4(27-9)1-26-30(21,22)28-31(23,24)25;;/h2-4,6,9,16-17H,1H2,(H,21,22)(H2,11,12,13)(H2,18,19,20)(H,23,24,25);;/q;+1;-1/t4-,6-,9-,10-;;/m1../s1. The van der Waals surface area contributed by atoms with Gasteiger partial charge in [0.2, 0.25) is 5.34 Å². The van der Waals surface area contributed by atoms with Crippen molar-refractivity contribution in [3.8, 4) is 0 Å². The number of aliphatic hydroxyl groups excluding tert-OH is 1. The molecule has 1 aliphatic rings. The molecule has 3 rings (SSSR count).